The number of aliphatic imine (C=N–C) groups is 1. The molecule has 5 nitrogen and oxygen atoms in total. The molecule has 8 heteroatoms. The van der Waals surface area contributed by atoms with Crippen LogP contribution < -0.4 is 10.1 Å². The Balaban J connectivity index is 0.000000352. The van der Waals surface area contributed by atoms with Gasteiger partial charge in [-0.2, -0.15) is 0 Å². The molecule has 1 N–H and O–H groups in total. The summed E-state index contributed by atoms with van der Waals surface area (Å²) in [4.78, 5) is 16.5. The molecule has 0 bridgehead atoms. The number of hydrogen-bond donors (Lipinski definition) is 1. The van der Waals surface area contributed by atoms with Crippen molar-refractivity contribution in [1.29, 1.82) is 0 Å². The third-order valence-electron chi connectivity index (χ3n) is 5.26. The first-order valence-corrected chi connectivity index (χ1v) is 13.1. The number of hydrogen-bond acceptors (Lipinski definition) is 4. The van der Waals surface area contributed by atoms with Crippen molar-refractivity contribution in [3.63, 3.8) is 0 Å². The van der Waals surface area contributed by atoms with Gasteiger partial charge in [-0.3, -0.25) is 4.79 Å². The van der Waals surface area contributed by atoms with E-state index in [1.54, 1.807) is 12.1 Å². The van der Waals surface area contributed by atoms with Crippen LogP contribution in [0, 0.1) is 20.8 Å². The number of methoxy groups -OCH3 is 1. The molecular formula is C30H33Cl3N2O3. The molecule has 1 amide bonds. The normalized spacial score (nSPS) is 10.9. The first kappa shape index (κ1) is 31.2. The van der Waals surface area contributed by atoms with E-state index in [1.807, 2.05) is 77.1 Å². The van der Waals surface area contributed by atoms with Gasteiger partial charge in [0, 0.05) is 22.2 Å². The molecule has 3 aromatic carbocycles. The van der Waals surface area contributed by atoms with Crippen molar-refractivity contribution < 1.29 is 14.3 Å². The predicted molar refractivity (Wildman–Crippen MR) is 160 cm³/mol. The molecule has 0 aliphatic rings. The number of carbonyl (C=O) groups excluding carboxylic acids is 1. The maximum atomic E-state index is 12.3. The van der Waals surface area contributed by atoms with Gasteiger partial charge in [0.2, 0.25) is 0 Å². The van der Waals surface area contributed by atoms with E-state index in [1.165, 1.54) is 7.11 Å². The van der Waals surface area contributed by atoms with Crippen molar-refractivity contribution in [1.82, 2.24) is 5.32 Å². The summed E-state index contributed by atoms with van der Waals surface area (Å²) in [5.41, 5.74) is 5.01. The summed E-state index contributed by atoms with van der Waals surface area (Å²) in [5, 5.41) is 4.47. The molecule has 0 spiro atoms. The lowest BCUT2D eigenvalue weighted by Gasteiger charge is -2.11. The minimum atomic E-state index is -0.432. The van der Waals surface area contributed by atoms with Gasteiger partial charge < -0.3 is 14.8 Å². The summed E-state index contributed by atoms with van der Waals surface area (Å²) in [5.74, 6) is 0.241. The van der Waals surface area contributed by atoms with E-state index in [0.717, 1.165) is 28.0 Å². The van der Waals surface area contributed by atoms with Crippen LogP contribution >= 0.6 is 34.8 Å². The number of amides is 1. The average Bonchev–Trinajstić information content (AvgIpc) is 2.86. The second-order valence-corrected chi connectivity index (χ2v) is 10.1. The van der Waals surface area contributed by atoms with E-state index in [2.05, 4.69) is 16.9 Å². The van der Waals surface area contributed by atoms with Crippen LogP contribution in [0.1, 0.15) is 41.7 Å². The van der Waals surface area contributed by atoms with Crippen LogP contribution in [0.25, 0.3) is 5.70 Å². The van der Waals surface area contributed by atoms with Crippen LogP contribution in [0.4, 0.5) is 0 Å². The van der Waals surface area contributed by atoms with Gasteiger partial charge in [0.05, 0.1) is 23.9 Å². The van der Waals surface area contributed by atoms with Crippen LogP contribution in [0.2, 0.25) is 15.1 Å². The molecule has 38 heavy (non-hydrogen) atoms. The Morgan fingerprint density at radius 1 is 0.921 bits per heavy atom. The van der Waals surface area contributed by atoms with Gasteiger partial charge in [-0.25, -0.2) is 4.99 Å². The summed E-state index contributed by atoms with van der Waals surface area (Å²) >= 11 is 18.2. The Morgan fingerprint density at radius 2 is 1.50 bits per heavy atom. The highest BCUT2D eigenvalue weighted by Gasteiger charge is 2.14. The minimum absolute atomic E-state index is 0.0880. The van der Waals surface area contributed by atoms with Gasteiger partial charge in [-0.1, -0.05) is 77.3 Å². The topological polar surface area (TPSA) is 59.9 Å². The smallest absolute Gasteiger partial charge is 0.306 e. The van der Waals surface area contributed by atoms with Crippen molar-refractivity contribution in [3.8, 4) is 5.75 Å². The number of nitrogens with one attached hydrogen (secondary N) is 1. The lowest BCUT2D eigenvalue weighted by Crippen LogP contribution is -2.31. The number of ether oxygens (including phenoxy) is 2. The van der Waals surface area contributed by atoms with Crippen LogP contribution in [-0.4, -0.2) is 25.0 Å². The van der Waals surface area contributed by atoms with Crippen molar-refractivity contribution in [2.24, 2.45) is 4.99 Å². The van der Waals surface area contributed by atoms with E-state index >= 15 is 0 Å². The highest BCUT2D eigenvalue weighted by atomic mass is 35.5. The molecule has 0 unspecified atom stereocenters. The molecule has 202 valence electrons. The maximum Gasteiger partial charge on any atom is 0.306 e. The van der Waals surface area contributed by atoms with E-state index in [0.29, 0.717) is 32.9 Å². The van der Waals surface area contributed by atoms with Gasteiger partial charge in [-0.15, -0.1) is 0 Å². The van der Waals surface area contributed by atoms with Gasteiger partial charge >= 0.3 is 5.91 Å². The number of benzene rings is 3. The standard InChI is InChI=1S/C20H20Cl2N2O2.C10H13ClO/c1-12-5-7-15(8-6-12)11-23-19(25)20(26-4)24-14(3)16-9-17(21)13(2)18(22)10-16;1-7(2)12-10-5-4-8(3)6-9(10)11/h5-10H,3,11H2,1-2,4H3,(H,23,25);4-7H,1-3H3. The van der Waals surface area contributed by atoms with Gasteiger partial charge in [0.15, 0.2) is 0 Å². The van der Waals surface area contributed by atoms with E-state index < -0.39 is 5.91 Å². The Labute approximate surface area is 240 Å². The number of carbonyl (C=O) groups is 1. The third kappa shape index (κ3) is 9.71. The molecule has 0 atom stereocenters. The molecule has 0 radical (unpaired) electrons. The molecule has 0 aromatic heterocycles. The fourth-order valence-corrected chi connectivity index (χ4v) is 3.87. The molecule has 0 saturated carbocycles. The zero-order valence-electron chi connectivity index (χ0n) is 22.5. The zero-order valence-corrected chi connectivity index (χ0v) is 24.8. The third-order valence-corrected chi connectivity index (χ3v) is 6.34. The van der Waals surface area contributed by atoms with E-state index in [4.69, 9.17) is 44.3 Å². The van der Waals surface area contributed by atoms with E-state index in [9.17, 15) is 4.79 Å². The zero-order chi connectivity index (χ0) is 28.4. The number of halogens is 3. The molecule has 0 aliphatic carbocycles. The van der Waals surface area contributed by atoms with Crippen LogP contribution in [0.3, 0.4) is 0 Å². The van der Waals surface area contributed by atoms with Crippen molar-refractivity contribution in [3.05, 3.63) is 104 Å². The summed E-state index contributed by atoms with van der Waals surface area (Å²) < 4.78 is 10.6. The quantitative estimate of drug-likeness (QED) is 0.237. The summed E-state index contributed by atoms with van der Waals surface area (Å²) in [6, 6.07) is 17.1. The Bertz CT molecular complexity index is 1280. The SMILES string of the molecule is C=C(N=C(OC)C(=O)NCc1ccc(C)cc1)c1cc(Cl)c(C)c(Cl)c1.Cc1ccc(OC(C)C)c(Cl)c1. The maximum absolute atomic E-state index is 12.3. The second kappa shape index (κ2) is 14.8. The summed E-state index contributed by atoms with van der Waals surface area (Å²) in [6.07, 6.45) is 0.171. The van der Waals surface area contributed by atoms with E-state index in [-0.39, 0.29) is 12.0 Å². The molecule has 3 rings (SSSR count). The minimum Gasteiger partial charge on any atom is -0.489 e. The fraction of sp³-hybridized carbons (Fsp3) is 0.267. The van der Waals surface area contributed by atoms with Crippen molar-refractivity contribution in [2.45, 2.75) is 47.3 Å². The highest BCUT2D eigenvalue weighted by molar-refractivity contribution is 6.37. The monoisotopic (exact) mass is 574 g/mol. The van der Waals surface area contributed by atoms with Crippen molar-refractivity contribution in [2.75, 3.05) is 7.11 Å². The fourth-order valence-electron chi connectivity index (χ4n) is 3.11. The van der Waals surface area contributed by atoms with Crippen LogP contribution in [0.15, 0.2) is 66.2 Å². The lowest BCUT2D eigenvalue weighted by atomic mass is 10.1. The summed E-state index contributed by atoms with van der Waals surface area (Å²) in [7, 11) is 1.38. The second-order valence-electron chi connectivity index (χ2n) is 8.90. The Kier molecular flexibility index (Phi) is 12.2. The number of aryl methyl sites for hydroxylation is 2. The van der Waals surface area contributed by atoms with Crippen molar-refractivity contribution >= 4 is 52.3 Å². The Hall–Kier alpha value is -2.99. The Morgan fingerprint density at radius 3 is 2.03 bits per heavy atom. The largest absolute Gasteiger partial charge is 0.489 e. The first-order chi connectivity index (χ1) is 17.9. The van der Waals surface area contributed by atoms with Crippen LogP contribution in [-0.2, 0) is 16.1 Å². The molecule has 0 fully saturated rings. The first-order valence-electron chi connectivity index (χ1n) is 11.9. The molecule has 0 aliphatic heterocycles. The predicted octanol–water partition coefficient (Wildman–Crippen LogP) is 8.38. The lowest BCUT2D eigenvalue weighted by molar-refractivity contribution is -0.116. The number of nitrogens with zero attached hydrogens (tertiary/aromatic N) is 1. The molecular weight excluding hydrogens is 543 g/mol. The highest BCUT2D eigenvalue weighted by Crippen LogP contribution is 2.29. The molecule has 0 heterocycles. The molecule has 3 aromatic rings. The number of rotatable bonds is 6. The molecule has 0 saturated heterocycles. The summed E-state index contributed by atoms with van der Waals surface area (Å²) in [6.45, 7) is 14.0. The average molecular weight is 576 g/mol. The van der Waals surface area contributed by atoms with Gasteiger partial charge in [0.1, 0.15) is 5.75 Å². The van der Waals surface area contributed by atoms with Gasteiger partial charge in [-0.05, 0) is 75.6 Å². The van der Waals surface area contributed by atoms with Crippen LogP contribution in [0.5, 0.6) is 5.75 Å². The van der Waals surface area contributed by atoms with Gasteiger partial charge in [0.25, 0.3) is 5.90 Å².